The van der Waals surface area contributed by atoms with Gasteiger partial charge >= 0.3 is 0 Å². The topological polar surface area (TPSA) is 81.4 Å². The molecule has 0 amide bonds. The van der Waals surface area contributed by atoms with Gasteiger partial charge in [0.1, 0.15) is 6.07 Å². The lowest BCUT2D eigenvalue weighted by atomic mass is 9.93. The van der Waals surface area contributed by atoms with Crippen molar-refractivity contribution in [3.05, 3.63) is 29.8 Å². The Morgan fingerprint density at radius 1 is 1.45 bits per heavy atom. The number of aliphatic hydroxyl groups is 1. The second kappa shape index (κ2) is 5.92. The van der Waals surface area contributed by atoms with Crippen LogP contribution in [0.3, 0.4) is 0 Å². The summed E-state index contributed by atoms with van der Waals surface area (Å²) >= 11 is 0. The summed E-state index contributed by atoms with van der Waals surface area (Å²) in [6, 6.07) is 7.69. The molecule has 2 rings (SSSR count). The van der Waals surface area contributed by atoms with Crippen molar-refractivity contribution >= 4 is 10.0 Å². The quantitative estimate of drug-likeness (QED) is 0.912. The van der Waals surface area contributed by atoms with Crippen LogP contribution in [0.15, 0.2) is 29.2 Å². The lowest BCUT2D eigenvalue weighted by Crippen LogP contribution is -2.49. The molecule has 20 heavy (non-hydrogen) atoms. The Morgan fingerprint density at radius 2 is 2.15 bits per heavy atom. The van der Waals surface area contributed by atoms with E-state index in [0.717, 1.165) is 12.8 Å². The molecule has 2 unspecified atom stereocenters. The fourth-order valence-corrected chi connectivity index (χ4v) is 4.59. The molecular weight excluding hydrogens is 276 g/mol. The summed E-state index contributed by atoms with van der Waals surface area (Å²) in [5.41, 5.74) is 0.141. The van der Waals surface area contributed by atoms with Crippen molar-refractivity contribution in [2.45, 2.75) is 30.7 Å². The molecule has 0 aromatic heterocycles. The Labute approximate surface area is 119 Å². The number of aliphatic hydroxyl groups excluding tert-OH is 1. The first-order valence-electron chi connectivity index (χ1n) is 6.64. The molecule has 0 spiro atoms. The standard InChI is InChI=1S/C14H18N2O3S/c1-11-5-4-8-16(13(11)10-17)20(18,19)14-7-3-2-6-12(14)9-15/h2-3,6-7,11,13,17H,4-5,8,10H2,1H3. The lowest BCUT2D eigenvalue weighted by molar-refractivity contribution is 0.113. The van der Waals surface area contributed by atoms with Gasteiger partial charge in [-0.1, -0.05) is 19.1 Å². The molecule has 1 fully saturated rings. The van der Waals surface area contributed by atoms with Crippen LogP contribution in [0.4, 0.5) is 0 Å². The molecule has 1 aromatic carbocycles. The molecule has 0 aliphatic carbocycles. The zero-order valence-electron chi connectivity index (χ0n) is 11.4. The average molecular weight is 294 g/mol. The summed E-state index contributed by atoms with van der Waals surface area (Å²) in [7, 11) is -3.75. The van der Waals surface area contributed by atoms with E-state index in [9.17, 15) is 13.5 Å². The second-order valence-corrected chi connectivity index (χ2v) is 6.95. The van der Waals surface area contributed by atoms with Crippen molar-refractivity contribution in [2.24, 2.45) is 5.92 Å². The van der Waals surface area contributed by atoms with E-state index in [2.05, 4.69) is 0 Å². The van der Waals surface area contributed by atoms with Crippen LogP contribution in [0.1, 0.15) is 25.3 Å². The highest BCUT2D eigenvalue weighted by molar-refractivity contribution is 7.89. The lowest BCUT2D eigenvalue weighted by Gasteiger charge is -2.38. The van der Waals surface area contributed by atoms with Crippen LogP contribution < -0.4 is 0 Å². The van der Waals surface area contributed by atoms with E-state index < -0.39 is 16.1 Å². The van der Waals surface area contributed by atoms with Crippen LogP contribution >= 0.6 is 0 Å². The molecule has 1 N–H and O–H groups in total. The van der Waals surface area contributed by atoms with Crippen LogP contribution in [0.2, 0.25) is 0 Å². The van der Waals surface area contributed by atoms with E-state index in [1.54, 1.807) is 12.1 Å². The maximum Gasteiger partial charge on any atom is 0.244 e. The summed E-state index contributed by atoms with van der Waals surface area (Å²) < 4.78 is 26.8. The minimum absolute atomic E-state index is 0.0232. The van der Waals surface area contributed by atoms with Crippen LogP contribution in [0, 0.1) is 17.2 Å². The van der Waals surface area contributed by atoms with Crippen molar-refractivity contribution in [1.29, 1.82) is 5.26 Å². The highest BCUT2D eigenvalue weighted by Gasteiger charge is 2.37. The molecule has 108 valence electrons. The molecule has 1 aromatic rings. The zero-order valence-corrected chi connectivity index (χ0v) is 12.2. The van der Waals surface area contributed by atoms with E-state index in [4.69, 9.17) is 5.26 Å². The maximum absolute atomic E-state index is 12.7. The van der Waals surface area contributed by atoms with E-state index in [1.807, 2.05) is 13.0 Å². The van der Waals surface area contributed by atoms with Gasteiger partial charge < -0.3 is 5.11 Å². The Morgan fingerprint density at radius 3 is 2.80 bits per heavy atom. The number of rotatable bonds is 3. The number of nitriles is 1. The Kier molecular flexibility index (Phi) is 4.43. The van der Waals surface area contributed by atoms with Crippen LogP contribution in [0.25, 0.3) is 0 Å². The SMILES string of the molecule is CC1CCCN(S(=O)(=O)c2ccccc2C#N)C1CO. The molecule has 0 radical (unpaired) electrons. The van der Waals surface area contributed by atoms with Gasteiger partial charge in [-0.3, -0.25) is 0 Å². The number of sulfonamides is 1. The van der Waals surface area contributed by atoms with E-state index in [-0.39, 0.29) is 23.0 Å². The molecule has 2 atom stereocenters. The number of hydrogen-bond acceptors (Lipinski definition) is 4. The first-order chi connectivity index (χ1) is 9.52. The van der Waals surface area contributed by atoms with Crippen molar-refractivity contribution in [2.75, 3.05) is 13.2 Å². The highest BCUT2D eigenvalue weighted by atomic mass is 32.2. The Hall–Kier alpha value is -1.42. The molecule has 0 bridgehead atoms. The normalized spacial score (nSPS) is 24.2. The van der Waals surface area contributed by atoms with Crippen molar-refractivity contribution in [3.8, 4) is 6.07 Å². The second-order valence-electron chi connectivity index (χ2n) is 5.09. The molecular formula is C14H18N2O3S. The fourth-order valence-electron chi connectivity index (χ4n) is 2.69. The third-order valence-electron chi connectivity index (χ3n) is 3.85. The molecule has 1 aliphatic heterocycles. The summed E-state index contributed by atoms with van der Waals surface area (Å²) in [5.74, 6) is 0.109. The Balaban J connectivity index is 2.46. The van der Waals surface area contributed by atoms with Crippen LogP contribution in [-0.2, 0) is 10.0 Å². The van der Waals surface area contributed by atoms with Gasteiger partial charge in [0.05, 0.1) is 23.1 Å². The number of nitrogens with zero attached hydrogens (tertiary/aromatic N) is 2. The predicted octanol–water partition coefficient (Wildman–Crippen LogP) is 1.34. The van der Waals surface area contributed by atoms with Crippen LogP contribution in [-0.4, -0.2) is 37.0 Å². The van der Waals surface area contributed by atoms with Gasteiger partial charge in [-0.05, 0) is 30.9 Å². The molecule has 6 heteroatoms. The van der Waals surface area contributed by atoms with E-state index in [0.29, 0.717) is 6.54 Å². The molecule has 1 saturated heterocycles. The van der Waals surface area contributed by atoms with Gasteiger partial charge in [0.15, 0.2) is 0 Å². The third-order valence-corrected chi connectivity index (χ3v) is 5.83. The highest BCUT2D eigenvalue weighted by Crippen LogP contribution is 2.29. The first-order valence-corrected chi connectivity index (χ1v) is 8.08. The van der Waals surface area contributed by atoms with E-state index in [1.165, 1.54) is 16.4 Å². The zero-order chi connectivity index (χ0) is 14.8. The van der Waals surface area contributed by atoms with Crippen LogP contribution in [0.5, 0.6) is 0 Å². The van der Waals surface area contributed by atoms with Gasteiger partial charge in [-0.15, -0.1) is 0 Å². The maximum atomic E-state index is 12.7. The number of hydrogen-bond donors (Lipinski definition) is 1. The van der Waals surface area contributed by atoms with Crippen molar-refractivity contribution < 1.29 is 13.5 Å². The van der Waals surface area contributed by atoms with Crippen molar-refractivity contribution in [1.82, 2.24) is 4.31 Å². The largest absolute Gasteiger partial charge is 0.395 e. The smallest absolute Gasteiger partial charge is 0.244 e. The van der Waals surface area contributed by atoms with Gasteiger partial charge in [-0.25, -0.2) is 8.42 Å². The minimum atomic E-state index is -3.75. The first kappa shape index (κ1) is 15.0. The third kappa shape index (κ3) is 2.57. The van der Waals surface area contributed by atoms with Gasteiger partial charge in [0.25, 0.3) is 0 Å². The van der Waals surface area contributed by atoms with Gasteiger partial charge in [0.2, 0.25) is 10.0 Å². The van der Waals surface area contributed by atoms with Gasteiger partial charge in [0, 0.05) is 6.54 Å². The monoisotopic (exact) mass is 294 g/mol. The molecule has 1 heterocycles. The molecule has 5 nitrogen and oxygen atoms in total. The summed E-state index contributed by atoms with van der Waals surface area (Å²) in [4.78, 5) is 0.0232. The summed E-state index contributed by atoms with van der Waals surface area (Å²) in [6.07, 6.45) is 1.67. The number of benzene rings is 1. The summed E-state index contributed by atoms with van der Waals surface area (Å²) in [6.45, 7) is 2.13. The molecule has 0 saturated carbocycles. The van der Waals surface area contributed by atoms with Crippen molar-refractivity contribution in [3.63, 3.8) is 0 Å². The summed E-state index contributed by atoms with van der Waals surface area (Å²) in [5, 5.41) is 18.6. The Bertz CT molecular complexity index is 622. The minimum Gasteiger partial charge on any atom is -0.395 e. The molecule has 1 aliphatic rings. The predicted molar refractivity (Wildman–Crippen MR) is 74.3 cm³/mol. The number of piperidine rings is 1. The van der Waals surface area contributed by atoms with Gasteiger partial charge in [-0.2, -0.15) is 9.57 Å². The average Bonchev–Trinajstić information content (AvgIpc) is 2.46. The fraction of sp³-hybridized carbons (Fsp3) is 0.500. The van der Waals surface area contributed by atoms with E-state index >= 15 is 0 Å².